The van der Waals surface area contributed by atoms with E-state index in [9.17, 15) is 4.79 Å². The summed E-state index contributed by atoms with van der Waals surface area (Å²) < 4.78 is 0.352. The zero-order chi connectivity index (χ0) is 12.8. The maximum Gasteiger partial charge on any atom is 0.234 e. The molecule has 0 radical (unpaired) electrons. The van der Waals surface area contributed by atoms with Crippen LogP contribution >= 0.6 is 11.8 Å². The normalized spacial score (nSPS) is 29.4. The van der Waals surface area contributed by atoms with Crippen LogP contribution in [0.2, 0.25) is 0 Å². The van der Waals surface area contributed by atoms with Crippen LogP contribution in [-0.2, 0) is 4.79 Å². The first kappa shape index (κ1) is 14.2. The Morgan fingerprint density at radius 1 is 1.28 bits per heavy atom. The van der Waals surface area contributed by atoms with Gasteiger partial charge >= 0.3 is 0 Å². The number of nitrogens with one attached hydrogen (secondary N) is 2. The van der Waals surface area contributed by atoms with Gasteiger partial charge in [-0.3, -0.25) is 4.79 Å². The van der Waals surface area contributed by atoms with Gasteiger partial charge < -0.3 is 10.6 Å². The van der Waals surface area contributed by atoms with Gasteiger partial charge in [-0.15, -0.1) is 0 Å². The molecule has 1 amide bonds. The van der Waals surface area contributed by atoms with E-state index in [1.807, 2.05) is 11.8 Å². The van der Waals surface area contributed by atoms with E-state index in [1.165, 1.54) is 50.7 Å². The van der Waals surface area contributed by atoms with Crippen LogP contribution in [0.5, 0.6) is 0 Å². The topological polar surface area (TPSA) is 41.1 Å². The number of rotatable bonds is 5. The van der Waals surface area contributed by atoms with Crippen LogP contribution in [0.4, 0.5) is 0 Å². The SMILES string of the molecule is CC1(CNCC(=O)NC2CCCCC2)CCCS1. The largest absolute Gasteiger partial charge is 0.352 e. The van der Waals surface area contributed by atoms with Gasteiger partial charge in [-0.1, -0.05) is 19.3 Å². The molecule has 1 aliphatic carbocycles. The highest BCUT2D eigenvalue weighted by atomic mass is 32.2. The highest BCUT2D eigenvalue weighted by molar-refractivity contribution is 8.00. The second-order valence-electron chi connectivity index (χ2n) is 5.91. The number of amides is 1. The van der Waals surface area contributed by atoms with Crippen molar-refractivity contribution in [3.63, 3.8) is 0 Å². The summed E-state index contributed by atoms with van der Waals surface area (Å²) >= 11 is 2.04. The molecule has 0 aromatic rings. The molecule has 1 atom stereocenters. The Morgan fingerprint density at radius 3 is 2.72 bits per heavy atom. The fourth-order valence-electron chi connectivity index (χ4n) is 2.94. The van der Waals surface area contributed by atoms with E-state index in [1.54, 1.807) is 0 Å². The standard InChI is InChI=1S/C14H26N2OS/c1-14(8-5-9-18-14)11-15-10-13(17)16-12-6-3-2-4-7-12/h12,15H,2-11H2,1H3,(H,16,17). The molecule has 104 valence electrons. The summed E-state index contributed by atoms with van der Waals surface area (Å²) in [5.74, 6) is 1.44. The summed E-state index contributed by atoms with van der Waals surface area (Å²) in [5.41, 5.74) is 0. The van der Waals surface area contributed by atoms with Crippen LogP contribution in [0.3, 0.4) is 0 Å². The van der Waals surface area contributed by atoms with E-state index in [2.05, 4.69) is 17.6 Å². The Labute approximate surface area is 115 Å². The Morgan fingerprint density at radius 2 is 2.06 bits per heavy atom. The third-order valence-electron chi connectivity index (χ3n) is 4.06. The van der Waals surface area contributed by atoms with Crippen LogP contribution in [0.25, 0.3) is 0 Å². The van der Waals surface area contributed by atoms with Gasteiger partial charge in [-0.05, 0) is 38.4 Å². The minimum atomic E-state index is 0.175. The number of hydrogen-bond acceptors (Lipinski definition) is 3. The molecule has 1 aliphatic heterocycles. The molecular weight excluding hydrogens is 244 g/mol. The molecule has 0 aromatic heterocycles. The van der Waals surface area contributed by atoms with E-state index >= 15 is 0 Å². The van der Waals surface area contributed by atoms with Gasteiger partial charge in [-0.25, -0.2) is 0 Å². The summed E-state index contributed by atoms with van der Waals surface area (Å²) in [6.07, 6.45) is 8.80. The molecule has 1 unspecified atom stereocenters. The molecule has 0 aromatic carbocycles. The Bertz CT molecular complexity index is 271. The minimum absolute atomic E-state index is 0.175. The monoisotopic (exact) mass is 270 g/mol. The third kappa shape index (κ3) is 4.47. The average Bonchev–Trinajstić information content (AvgIpc) is 2.77. The molecule has 2 N–H and O–H groups in total. The van der Waals surface area contributed by atoms with Crippen LogP contribution in [0.1, 0.15) is 51.9 Å². The Balaban J connectivity index is 1.59. The quantitative estimate of drug-likeness (QED) is 0.805. The molecule has 1 heterocycles. The van der Waals surface area contributed by atoms with E-state index in [0.29, 0.717) is 17.3 Å². The summed E-state index contributed by atoms with van der Waals surface area (Å²) in [5, 5.41) is 6.47. The lowest BCUT2D eigenvalue weighted by Crippen LogP contribution is -2.43. The molecule has 0 spiro atoms. The zero-order valence-electron chi connectivity index (χ0n) is 11.5. The highest BCUT2D eigenvalue weighted by Crippen LogP contribution is 2.36. The zero-order valence-corrected chi connectivity index (χ0v) is 12.3. The van der Waals surface area contributed by atoms with Crippen LogP contribution in [0.15, 0.2) is 0 Å². The average molecular weight is 270 g/mol. The molecule has 2 aliphatic rings. The predicted molar refractivity (Wildman–Crippen MR) is 78.0 cm³/mol. The highest BCUT2D eigenvalue weighted by Gasteiger charge is 2.29. The van der Waals surface area contributed by atoms with E-state index in [0.717, 1.165) is 6.54 Å². The molecule has 2 rings (SSSR count). The smallest absolute Gasteiger partial charge is 0.234 e. The van der Waals surface area contributed by atoms with Crippen LogP contribution in [-0.4, -0.2) is 35.5 Å². The summed E-state index contributed by atoms with van der Waals surface area (Å²) in [6.45, 7) is 3.74. The van der Waals surface area contributed by atoms with Crippen molar-refractivity contribution >= 4 is 17.7 Å². The van der Waals surface area contributed by atoms with Gasteiger partial charge in [0, 0.05) is 17.3 Å². The van der Waals surface area contributed by atoms with Gasteiger partial charge in [0.25, 0.3) is 0 Å². The Kier molecular flexibility index (Phi) is 5.37. The first-order valence-electron chi connectivity index (χ1n) is 7.32. The fraction of sp³-hybridized carbons (Fsp3) is 0.929. The fourth-order valence-corrected chi connectivity index (χ4v) is 4.22. The van der Waals surface area contributed by atoms with Crippen molar-refractivity contribution in [3.05, 3.63) is 0 Å². The minimum Gasteiger partial charge on any atom is -0.352 e. The number of hydrogen-bond donors (Lipinski definition) is 2. The maximum atomic E-state index is 11.8. The van der Waals surface area contributed by atoms with E-state index < -0.39 is 0 Å². The van der Waals surface area contributed by atoms with Crippen molar-refractivity contribution < 1.29 is 4.79 Å². The van der Waals surface area contributed by atoms with Crippen LogP contribution in [0, 0.1) is 0 Å². The van der Waals surface area contributed by atoms with Gasteiger partial charge in [0.1, 0.15) is 0 Å². The van der Waals surface area contributed by atoms with Crippen LogP contribution < -0.4 is 10.6 Å². The Hall–Kier alpha value is -0.220. The second kappa shape index (κ2) is 6.80. The molecule has 2 fully saturated rings. The molecule has 1 saturated carbocycles. The molecule has 4 heteroatoms. The lowest BCUT2D eigenvalue weighted by molar-refractivity contribution is -0.121. The van der Waals surface area contributed by atoms with Gasteiger partial charge in [0.2, 0.25) is 5.91 Å². The van der Waals surface area contributed by atoms with Crippen molar-refractivity contribution in [3.8, 4) is 0 Å². The number of carbonyl (C=O) groups excluding carboxylic acids is 1. The third-order valence-corrected chi connectivity index (χ3v) is 5.59. The first-order chi connectivity index (χ1) is 8.68. The van der Waals surface area contributed by atoms with Gasteiger partial charge in [0.15, 0.2) is 0 Å². The second-order valence-corrected chi connectivity index (χ2v) is 7.59. The lowest BCUT2D eigenvalue weighted by atomic mass is 9.95. The summed E-state index contributed by atoms with van der Waals surface area (Å²) in [7, 11) is 0. The van der Waals surface area contributed by atoms with Crippen molar-refractivity contribution in [2.75, 3.05) is 18.8 Å². The first-order valence-corrected chi connectivity index (χ1v) is 8.31. The van der Waals surface area contributed by atoms with Gasteiger partial charge in [-0.2, -0.15) is 11.8 Å². The molecular formula is C14H26N2OS. The molecule has 3 nitrogen and oxygen atoms in total. The predicted octanol–water partition coefficient (Wildman–Crippen LogP) is 2.31. The van der Waals surface area contributed by atoms with E-state index in [-0.39, 0.29) is 5.91 Å². The summed E-state index contributed by atoms with van der Waals surface area (Å²) in [6, 6.07) is 0.435. The van der Waals surface area contributed by atoms with E-state index in [4.69, 9.17) is 0 Å². The van der Waals surface area contributed by atoms with Crippen molar-refractivity contribution in [2.24, 2.45) is 0 Å². The molecule has 0 bridgehead atoms. The maximum absolute atomic E-state index is 11.8. The lowest BCUT2D eigenvalue weighted by Gasteiger charge is -2.25. The van der Waals surface area contributed by atoms with Crippen molar-refractivity contribution in [1.29, 1.82) is 0 Å². The van der Waals surface area contributed by atoms with Crippen molar-refractivity contribution in [2.45, 2.75) is 62.7 Å². The molecule has 18 heavy (non-hydrogen) atoms. The van der Waals surface area contributed by atoms with Crippen molar-refractivity contribution in [1.82, 2.24) is 10.6 Å². The van der Waals surface area contributed by atoms with Gasteiger partial charge in [0.05, 0.1) is 6.54 Å². The number of carbonyl (C=O) groups is 1. The molecule has 1 saturated heterocycles. The number of thioether (sulfide) groups is 1. The summed E-state index contributed by atoms with van der Waals surface area (Å²) in [4.78, 5) is 11.8.